The van der Waals surface area contributed by atoms with Crippen LogP contribution in [-0.4, -0.2) is 56.9 Å². The van der Waals surface area contributed by atoms with Gasteiger partial charge in [0.15, 0.2) is 5.78 Å². The molecule has 2 aromatic carbocycles. The molecule has 224 valence electrons. The number of ether oxygens (including phenoxy) is 1. The highest BCUT2D eigenvalue weighted by Gasteiger charge is 2.39. The summed E-state index contributed by atoms with van der Waals surface area (Å²) in [4.78, 5) is 56.2. The highest BCUT2D eigenvalue weighted by molar-refractivity contribution is 7.07. The highest BCUT2D eigenvalue weighted by Crippen LogP contribution is 2.28. The van der Waals surface area contributed by atoms with Gasteiger partial charge in [-0.1, -0.05) is 23.7 Å². The minimum atomic E-state index is -1.42. The van der Waals surface area contributed by atoms with Crippen LogP contribution >= 0.6 is 22.9 Å². The molecule has 5 rings (SSSR count). The molecule has 1 aliphatic heterocycles. The number of fused-ring (bicyclic) bond motifs is 1. The number of Topliss-reactive ketones (excluding diaryl/α,β-unsaturated/α-hetero) is 1. The summed E-state index contributed by atoms with van der Waals surface area (Å²) in [6, 6.07) is 7.94. The second-order valence-corrected chi connectivity index (χ2v) is 11.1. The zero-order valence-corrected chi connectivity index (χ0v) is 24.4. The Kier molecular flexibility index (Phi) is 9.02. The van der Waals surface area contributed by atoms with Crippen LogP contribution in [0.5, 0.6) is 5.75 Å². The van der Waals surface area contributed by atoms with Crippen molar-refractivity contribution in [2.45, 2.75) is 45.2 Å². The van der Waals surface area contributed by atoms with E-state index in [1.165, 1.54) is 53.3 Å². The summed E-state index contributed by atoms with van der Waals surface area (Å²) in [5, 5.41) is 7.31. The monoisotopic (exact) mass is 629 g/mol. The summed E-state index contributed by atoms with van der Waals surface area (Å²) in [5.41, 5.74) is 3.28. The Bertz CT molecular complexity index is 1700. The Morgan fingerprint density at radius 3 is 2.72 bits per heavy atom. The van der Waals surface area contributed by atoms with E-state index in [9.17, 15) is 28.0 Å². The molecule has 3 amide bonds. The molecule has 1 fully saturated rings. The molecule has 2 atom stereocenters. The summed E-state index contributed by atoms with van der Waals surface area (Å²) in [6.07, 6.45) is -0.829. The van der Waals surface area contributed by atoms with Gasteiger partial charge in [0.1, 0.15) is 30.3 Å². The van der Waals surface area contributed by atoms with Crippen molar-refractivity contribution >= 4 is 57.5 Å². The normalized spacial score (nSPS) is 16.3. The average Bonchev–Trinajstić information content (AvgIpc) is 3.72. The molecule has 0 radical (unpaired) electrons. The smallest absolute Gasteiger partial charge is 0.410 e. The fourth-order valence-corrected chi connectivity index (χ4v) is 5.66. The lowest BCUT2D eigenvalue weighted by atomic mass is 10.1. The number of nitrogens with zero attached hydrogens (tertiary/aromatic N) is 3. The van der Waals surface area contributed by atoms with Gasteiger partial charge >= 0.3 is 6.09 Å². The third-order valence-electron chi connectivity index (χ3n) is 7.00. The predicted octanol–water partition coefficient (Wildman–Crippen LogP) is 4.64. The number of thiazole rings is 1. The van der Waals surface area contributed by atoms with Crippen molar-refractivity contribution < 1.29 is 32.7 Å². The van der Waals surface area contributed by atoms with Crippen molar-refractivity contribution in [3.63, 3.8) is 0 Å². The van der Waals surface area contributed by atoms with Crippen LogP contribution in [0.15, 0.2) is 53.5 Å². The quantitative estimate of drug-likeness (QED) is 0.260. The van der Waals surface area contributed by atoms with Gasteiger partial charge in [0, 0.05) is 46.6 Å². The molecule has 0 aliphatic carbocycles. The van der Waals surface area contributed by atoms with E-state index in [2.05, 4.69) is 15.6 Å². The van der Waals surface area contributed by atoms with Crippen LogP contribution in [-0.2, 0) is 29.2 Å². The third kappa shape index (κ3) is 6.83. The van der Waals surface area contributed by atoms with Crippen molar-refractivity contribution in [2.75, 3.05) is 6.54 Å². The molecule has 2 N–H and O–H groups in total. The van der Waals surface area contributed by atoms with Crippen LogP contribution in [0.2, 0.25) is 5.02 Å². The molecule has 0 saturated carbocycles. The molecule has 3 heterocycles. The summed E-state index contributed by atoms with van der Waals surface area (Å²) in [7, 11) is 0. The van der Waals surface area contributed by atoms with E-state index in [0.717, 1.165) is 4.90 Å². The topological polar surface area (TPSA) is 123 Å². The van der Waals surface area contributed by atoms with E-state index in [-0.39, 0.29) is 54.7 Å². The Morgan fingerprint density at radius 2 is 1.98 bits per heavy atom. The summed E-state index contributed by atoms with van der Waals surface area (Å²) in [5.74, 6) is -1.93. The molecule has 10 nitrogen and oxygen atoms in total. The van der Waals surface area contributed by atoms with Crippen molar-refractivity contribution in [3.05, 3.63) is 81.1 Å². The molecule has 2 unspecified atom stereocenters. The zero-order valence-electron chi connectivity index (χ0n) is 22.8. The van der Waals surface area contributed by atoms with Gasteiger partial charge in [-0.2, -0.15) is 0 Å². The number of hydrogen-bond acceptors (Lipinski definition) is 7. The minimum Gasteiger partial charge on any atom is -0.410 e. The van der Waals surface area contributed by atoms with Crippen LogP contribution in [0.4, 0.5) is 13.6 Å². The van der Waals surface area contributed by atoms with Crippen LogP contribution in [0, 0.1) is 5.82 Å². The molecular weight excluding hydrogens is 604 g/mol. The first-order valence-electron chi connectivity index (χ1n) is 13.2. The lowest BCUT2D eigenvalue weighted by molar-refractivity contribution is -0.139. The summed E-state index contributed by atoms with van der Waals surface area (Å²) in [6.45, 7) is 0.811. The van der Waals surface area contributed by atoms with Gasteiger partial charge in [-0.05, 0) is 31.2 Å². The molecule has 14 heteroatoms. The van der Waals surface area contributed by atoms with Crippen LogP contribution in [0.1, 0.15) is 35.0 Å². The zero-order chi connectivity index (χ0) is 30.7. The molecule has 1 aliphatic rings. The fraction of sp³-hybridized carbons (Fsp3) is 0.276. The van der Waals surface area contributed by atoms with E-state index in [4.69, 9.17) is 16.3 Å². The molecule has 43 heavy (non-hydrogen) atoms. The van der Waals surface area contributed by atoms with Crippen LogP contribution < -0.4 is 15.4 Å². The minimum absolute atomic E-state index is 0.0919. The average molecular weight is 630 g/mol. The summed E-state index contributed by atoms with van der Waals surface area (Å²) < 4.78 is 35.6. The number of carbonyl (C=O) groups excluding carboxylic acids is 4. The van der Waals surface area contributed by atoms with E-state index < -0.39 is 35.9 Å². The maximum absolute atomic E-state index is 14.5. The third-order valence-corrected chi connectivity index (χ3v) is 7.93. The molecular formula is C29H26ClF2N5O5S. The Hall–Kier alpha value is -4.36. The van der Waals surface area contributed by atoms with Gasteiger partial charge in [0.25, 0.3) is 0 Å². The van der Waals surface area contributed by atoms with Gasteiger partial charge in [0.2, 0.25) is 11.8 Å². The number of benzene rings is 2. The van der Waals surface area contributed by atoms with Crippen molar-refractivity contribution in [1.29, 1.82) is 0 Å². The second-order valence-electron chi connectivity index (χ2n) is 9.95. The highest BCUT2D eigenvalue weighted by atomic mass is 35.5. The SMILES string of the molecule is CC(=O)c1cn(CC(=O)N2CC(F)CC2C(=O)NCc2cccc(Cl)c2F)c2ccc(OC(=O)NCc3cscn3)cc12. The number of ketones is 1. The Balaban J connectivity index is 1.29. The number of rotatable bonds is 9. The van der Waals surface area contributed by atoms with E-state index in [0.29, 0.717) is 22.2 Å². The lowest BCUT2D eigenvalue weighted by Crippen LogP contribution is -2.46. The number of nitrogens with one attached hydrogen (secondary N) is 2. The van der Waals surface area contributed by atoms with Crippen LogP contribution in [0.25, 0.3) is 10.9 Å². The van der Waals surface area contributed by atoms with Crippen molar-refractivity contribution in [3.8, 4) is 5.75 Å². The number of alkyl halides is 1. The first-order valence-corrected chi connectivity index (χ1v) is 14.5. The molecule has 0 spiro atoms. The second kappa shape index (κ2) is 12.9. The van der Waals surface area contributed by atoms with E-state index in [1.807, 2.05) is 0 Å². The van der Waals surface area contributed by atoms with Gasteiger partial charge in [0.05, 0.1) is 29.3 Å². The number of aromatic nitrogens is 2. The first-order chi connectivity index (χ1) is 20.6. The fourth-order valence-electron chi connectivity index (χ4n) is 4.91. The number of carbonyl (C=O) groups is 4. The number of likely N-dealkylation sites (tertiary alicyclic amines) is 1. The van der Waals surface area contributed by atoms with Gasteiger partial charge in [-0.25, -0.2) is 18.6 Å². The largest absolute Gasteiger partial charge is 0.412 e. The van der Waals surface area contributed by atoms with Crippen molar-refractivity contribution in [2.24, 2.45) is 0 Å². The number of amides is 3. The standard InChI is InChI=1S/C29H26ClF2N5O5S/c1-16(38)22-12-36(24-6-5-20(8-21(22)24)42-29(41)34-10-19-14-43-15-35-19)13-26(39)37-11-18(31)7-25(37)28(40)33-9-17-3-2-4-23(30)27(17)32/h2-6,8,12,14-15,18,25H,7,9-11,13H2,1H3,(H,33,40)(H,34,41). The molecule has 1 saturated heterocycles. The lowest BCUT2D eigenvalue weighted by Gasteiger charge is -2.24. The molecule has 4 aromatic rings. The van der Waals surface area contributed by atoms with Crippen LogP contribution in [0.3, 0.4) is 0 Å². The van der Waals surface area contributed by atoms with Gasteiger partial charge in [-0.3, -0.25) is 14.4 Å². The summed E-state index contributed by atoms with van der Waals surface area (Å²) >= 11 is 7.20. The number of hydrogen-bond donors (Lipinski definition) is 2. The van der Waals surface area contributed by atoms with Gasteiger partial charge in [-0.15, -0.1) is 11.3 Å². The van der Waals surface area contributed by atoms with E-state index in [1.54, 1.807) is 23.0 Å². The van der Waals surface area contributed by atoms with E-state index >= 15 is 0 Å². The Morgan fingerprint density at radius 1 is 1.16 bits per heavy atom. The van der Waals surface area contributed by atoms with Gasteiger partial charge < -0.3 is 24.8 Å². The maximum atomic E-state index is 14.5. The predicted molar refractivity (Wildman–Crippen MR) is 155 cm³/mol. The number of halogens is 3. The first kappa shape index (κ1) is 30.1. The Labute approximate surface area is 253 Å². The maximum Gasteiger partial charge on any atom is 0.412 e. The van der Waals surface area contributed by atoms with Crippen molar-refractivity contribution in [1.82, 2.24) is 25.1 Å². The molecule has 0 bridgehead atoms. The molecule has 2 aromatic heterocycles.